The molecule has 0 aliphatic heterocycles. The summed E-state index contributed by atoms with van der Waals surface area (Å²) in [6.45, 7) is 8.98. The smallest absolute Gasteiger partial charge is 0.412 e. The number of phenolic OH excluding ortho intramolecular Hbond substituents is 1. The Bertz CT molecular complexity index is 606. The van der Waals surface area contributed by atoms with E-state index in [1.165, 1.54) is 7.11 Å². The molecule has 1 amide bonds. The van der Waals surface area contributed by atoms with Gasteiger partial charge in [-0.3, -0.25) is 5.32 Å². The van der Waals surface area contributed by atoms with Crippen LogP contribution in [0.3, 0.4) is 0 Å². The predicted octanol–water partition coefficient (Wildman–Crippen LogP) is 3.66. The fraction of sp³-hybridized carbons (Fsp3) is 0.471. The standard InChI is InChI=1S/C17H23NO4/c1-8-17(5,6)11-9-12(14(19)13(10-11)21-7)18-15(20)22-16(2,3)4/h1,9-10,19H,2-7H3,(H,18,20). The molecule has 0 aliphatic carbocycles. The van der Waals surface area contributed by atoms with E-state index in [9.17, 15) is 9.90 Å². The quantitative estimate of drug-likeness (QED) is 0.660. The molecule has 120 valence electrons. The molecular weight excluding hydrogens is 282 g/mol. The van der Waals surface area contributed by atoms with E-state index in [-0.39, 0.29) is 17.2 Å². The molecule has 0 aromatic heterocycles. The van der Waals surface area contributed by atoms with Gasteiger partial charge in [0.25, 0.3) is 0 Å². The van der Waals surface area contributed by atoms with Gasteiger partial charge in [0.2, 0.25) is 0 Å². The van der Waals surface area contributed by atoms with Crippen LogP contribution in [0.4, 0.5) is 10.5 Å². The number of anilines is 1. The van der Waals surface area contributed by atoms with Crippen LogP contribution in [-0.2, 0) is 10.2 Å². The number of amides is 1. The molecule has 2 N–H and O–H groups in total. The Morgan fingerprint density at radius 1 is 1.27 bits per heavy atom. The molecule has 0 spiro atoms. The van der Waals surface area contributed by atoms with Crippen molar-refractivity contribution in [3.05, 3.63) is 17.7 Å². The summed E-state index contributed by atoms with van der Waals surface area (Å²) in [4.78, 5) is 11.9. The van der Waals surface area contributed by atoms with E-state index in [0.717, 1.165) is 5.56 Å². The zero-order valence-electron chi connectivity index (χ0n) is 13.9. The molecule has 0 heterocycles. The van der Waals surface area contributed by atoms with E-state index in [0.29, 0.717) is 0 Å². The third kappa shape index (κ3) is 4.32. The van der Waals surface area contributed by atoms with Crippen molar-refractivity contribution in [1.82, 2.24) is 0 Å². The van der Waals surface area contributed by atoms with Crippen molar-refractivity contribution in [2.75, 3.05) is 12.4 Å². The summed E-state index contributed by atoms with van der Waals surface area (Å²) in [5.74, 6) is 2.72. The minimum Gasteiger partial charge on any atom is -0.503 e. The fourth-order valence-corrected chi connectivity index (χ4v) is 1.72. The van der Waals surface area contributed by atoms with Crippen LogP contribution in [0, 0.1) is 12.3 Å². The highest BCUT2D eigenvalue weighted by atomic mass is 16.6. The van der Waals surface area contributed by atoms with Gasteiger partial charge >= 0.3 is 6.09 Å². The number of hydrogen-bond acceptors (Lipinski definition) is 4. The summed E-state index contributed by atoms with van der Waals surface area (Å²) in [6, 6.07) is 3.26. The van der Waals surface area contributed by atoms with Gasteiger partial charge in [-0.1, -0.05) is 5.92 Å². The molecule has 22 heavy (non-hydrogen) atoms. The monoisotopic (exact) mass is 305 g/mol. The molecule has 5 nitrogen and oxygen atoms in total. The first-order chi connectivity index (χ1) is 10.00. The number of benzene rings is 1. The zero-order chi connectivity index (χ0) is 17.1. The first-order valence-electron chi connectivity index (χ1n) is 6.89. The van der Waals surface area contributed by atoms with Gasteiger partial charge in [-0.15, -0.1) is 6.42 Å². The molecule has 0 fully saturated rings. The number of nitrogens with one attached hydrogen (secondary N) is 1. The normalized spacial score (nSPS) is 11.5. The number of hydrogen-bond donors (Lipinski definition) is 2. The predicted molar refractivity (Wildman–Crippen MR) is 86.4 cm³/mol. The topological polar surface area (TPSA) is 67.8 Å². The van der Waals surface area contributed by atoms with Crippen LogP contribution in [0.1, 0.15) is 40.2 Å². The van der Waals surface area contributed by atoms with Crippen molar-refractivity contribution in [3.63, 3.8) is 0 Å². The molecule has 1 rings (SSSR count). The number of ether oxygens (including phenoxy) is 2. The number of phenols is 1. The van der Waals surface area contributed by atoms with Gasteiger partial charge in [-0.25, -0.2) is 4.79 Å². The second-order valence-electron chi connectivity index (χ2n) is 6.47. The second kappa shape index (κ2) is 6.18. The third-order valence-corrected chi connectivity index (χ3v) is 3.01. The maximum atomic E-state index is 11.9. The molecule has 0 saturated carbocycles. The van der Waals surface area contributed by atoms with Gasteiger partial charge in [0.15, 0.2) is 11.5 Å². The lowest BCUT2D eigenvalue weighted by molar-refractivity contribution is 0.0635. The largest absolute Gasteiger partial charge is 0.503 e. The van der Waals surface area contributed by atoms with E-state index >= 15 is 0 Å². The Morgan fingerprint density at radius 2 is 1.86 bits per heavy atom. The summed E-state index contributed by atoms with van der Waals surface area (Å²) >= 11 is 0. The van der Waals surface area contributed by atoms with Gasteiger partial charge in [0.1, 0.15) is 5.60 Å². The maximum Gasteiger partial charge on any atom is 0.412 e. The Morgan fingerprint density at radius 3 is 2.32 bits per heavy atom. The van der Waals surface area contributed by atoms with Gasteiger partial charge in [-0.05, 0) is 52.3 Å². The molecule has 1 aromatic rings. The first-order valence-corrected chi connectivity index (χ1v) is 6.89. The second-order valence-corrected chi connectivity index (χ2v) is 6.47. The number of terminal acetylenes is 1. The summed E-state index contributed by atoms with van der Waals surface area (Å²) < 4.78 is 10.3. The van der Waals surface area contributed by atoms with Crippen LogP contribution >= 0.6 is 0 Å². The zero-order valence-corrected chi connectivity index (χ0v) is 13.9. The number of aromatic hydroxyl groups is 1. The van der Waals surface area contributed by atoms with Gasteiger partial charge in [0, 0.05) is 0 Å². The maximum absolute atomic E-state index is 11.9. The Kier molecular flexibility index (Phi) is 4.98. The van der Waals surface area contributed by atoms with Crippen molar-refractivity contribution in [1.29, 1.82) is 0 Å². The van der Waals surface area contributed by atoms with E-state index in [1.807, 2.05) is 13.8 Å². The lowest BCUT2D eigenvalue weighted by Gasteiger charge is -2.23. The highest BCUT2D eigenvalue weighted by molar-refractivity contribution is 5.88. The summed E-state index contributed by atoms with van der Waals surface area (Å²) in [7, 11) is 1.43. The van der Waals surface area contributed by atoms with Crippen LogP contribution in [0.15, 0.2) is 12.1 Å². The van der Waals surface area contributed by atoms with E-state index in [2.05, 4.69) is 11.2 Å². The molecule has 0 unspecified atom stereocenters. The summed E-state index contributed by atoms with van der Waals surface area (Å²) in [5, 5.41) is 12.7. The average molecular weight is 305 g/mol. The summed E-state index contributed by atoms with van der Waals surface area (Å²) in [6.07, 6.45) is 4.87. The van der Waals surface area contributed by atoms with Gasteiger partial charge in [-0.2, -0.15) is 0 Å². The lowest BCUT2D eigenvalue weighted by atomic mass is 9.85. The number of methoxy groups -OCH3 is 1. The van der Waals surface area contributed by atoms with Crippen LogP contribution in [0.5, 0.6) is 11.5 Å². The molecule has 0 atom stereocenters. The minimum absolute atomic E-state index is 0.176. The van der Waals surface area contributed by atoms with Gasteiger partial charge < -0.3 is 14.6 Å². The van der Waals surface area contributed by atoms with Crippen LogP contribution < -0.4 is 10.1 Å². The summed E-state index contributed by atoms with van der Waals surface area (Å²) in [5.41, 5.74) is -0.298. The van der Waals surface area contributed by atoms with Crippen LogP contribution in [0.2, 0.25) is 0 Å². The van der Waals surface area contributed by atoms with Crippen molar-refractivity contribution < 1.29 is 19.4 Å². The minimum atomic E-state index is -0.666. The van der Waals surface area contributed by atoms with E-state index < -0.39 is 17.1 Å². The van der Waals surface area contributed by atoms with E-state index in [1.54, 1.807) is 32.9 Å². The Balaban J connectivity index is 3.22. The molecule has 1 aromatic carbocycles. The van der Waals surface area contributed by atoms with Crippen molar-refractivity contribution >= 4 is 11.8 Å². The van der Waals surface area contributed by atoms with Crippen molar-refractivity contribution in [2.45, 2.75) is 45.6 Å². The highest BCUT2D eigenvalue weighted by Crippen LogP contribution is 2.39. The molecule has 0 radical (unpaired) electrons. The molecule has 0 saturated heterocycles. The van der Waals surface area contributed by atoms with Crippen molar-refractivity contribution in [2.24, 2.45) is 0 Å². The lowest BCUT2D eigenvalue weighted by Crippen LogP contribution is -2.27. The molecule has 0 aliphatic rings. The first kappa shape index (κ1) is 17.7. The number of carbonyl (C=O) groups is 1. The Hall–Kier alpha value is -2.35. The number of rotatable bonds is 3. The molecule has 5 heteroatoms. The van der Waals surface area contributed by atoms with E-state index in [4.69, 9.17) is 15.9 Å². The molecular formula is C17H23NO4. The van der Waals surface area contributed by atoms with Crippen LogP contribution in [0.25, 0.3) is 0 Å². The Labute approximate surface area is 131 Å². The highest BCUT2D eigenvalue weighted by Gasteiger charge is 2.23. The average Bonchev–Trinajstić information content (AvgIpc) is 2.38. The fourth-order valence-electron chi connectivity index (χ4n) is 1.72. The van der Waals surface area contributed by atoms with Gasteiger partial charge in [0.05, 0.1) is 18.2 Å². The SMILES string of the molecule is C#CC(C)(C)c1cc(NC(=O)OC(C)(C)C)c(O)c(OC)c1. The molecule has 0 bridgehead atoms. The van der Waals surface area contributed by atoms with Crippen LogP contribution in [-0.4, -0.2) is 23.9 Å². The van der Waals surface area contributed by atoms with Crippen molar-refractivity contribution in [3.8, 4) is 23.8 Å². The third-order valence-electron chi connectivity index (χ3n) is 3.01. The number of carbonyl (C=O) groups excluding carboxylic acids is 1.